The summed E-state index contributed by atoms with van der Waals surface area (Å²) in [6.07, 6.45) is -3.11. The molecule has 0 radical (unpaired) electrons. The second-order valence-electron chi connectivity index (χ2n) is 5.47. The Hall–Kier alpha value is -1.96. The van der Waals surface area contributed by atoms with Crippen LogP contribution >= 0.6 is 0 Å². The number of alkyl halides is 8. The van der Waals surface area contributed by atoms with Crippen molar-refractivity contribution in [2.75, 3.05) is 18.8 Å². The summed E-state index contributed by atoms with van der Waals surface area (Å²) in [6, 6.07) is -3.26. The van der Waals surface area contributed by atoms with Crippen LogP contribution in [0.1, 0.15) is 49.0 Å². The van der Waals surface area contributed by atoms with Gasteiger partial charge < -0.3 is 0 Å². The summed E-state index contributed by atoms with van der Waals surface area (Å²) in [4.78, 5) is 18.9. The highest BCUT2D eigenvalue weighted by Crippen LogP contribution is 2.24. The third-order valence-corrected chi connectivity index (χ3v) is 3.25. The van der Waals surface area contributed by atoms with E-state index in [9.17, 15) is 85.8 Å². The molecule has 0 bridgehead atoms. The van der Waals surface area contributed by atoms with Crippen molar-refractivity contribution in [3.8, 4) is 0 Å². The molecule has 0 spiro atoms. The van der Waals surface area contributed by atoms with Gasteiger partial charge in [0.2, 0.25) is 30.1 Å². The van der Waals surface area contributed by atoms with E-state index in [4.69, 9.17) is 13.2 Å². The van der Waals surface area contributed by atoms with Crippen molar-refractivity contribution >= 4 is 62.5 Å². The zero-order valence-electron chi connectivity index (χ0n) is 24.3. The second-order valence-corrected chi connectivity index (χ2v) is 13.3. The maximum absolute atomic E-state index is 12.2. The van der Waals surface area contributed by atoms with E-state index < -0.39 is 79.4 Å². The number of primary sulfonamides is 2. The van der Waals surface area contributed by atoms with E-state index in [1.807, 2.05) is 41.5 Å². The van der Waals surface area contributed by atoms with Crippen molar-refractivity contribution in [1.82, 2.24) is 4.72 Å². The standard InChI is InChI=1S/C3H4F3NO5S2.C2F4O.3C2H6.CF4O2S.2CH5NO2S.CH4/c1-13(9,10)7-2(8)3(4,5)14(6,11)12;3-1(7)2(4,5)6;3*1-2;2-1(3,4)8(5,6)7;2*1-5(2,3)4;/h1H3,(H,7,8);;3*1-2H3;;2*1H3,(H2,2,3,4);1H4. The first kappa shape index (κ1) is 66.4. The minimum Gasteiger partial charge on any atom is -0.266 e. The van der Waals surface area contributed by atoms with Crippen molar-refractivity contribution in [1.29, 1.82) is 0 Å². The zero-order chi connectivity index (χ0) is 39.9. The van der Waals surface area contributed by atoms with Crippen LogP contribution in [0.15, 0.2) is 0 Å². The number of rotatable bonds is 3. The van der Waals surface area contributed by atoms with Crippen molar-refractivity contribution in [3.63, 3.8) is 0 Å². The minimum atomic E-state index is -6.48. The molecule has 15 nitrogen and oxygen atoms in total. The van der Waals surface area contributed by atoms with Crippen LogP contribution in [0.4, 0.5) is 47.3 Å². The molecule has 5 N–H and O–H groups in total. The Bertz CT molecular complexity index is 1320. The molecule has 1 amide bonds. The highest BCUT2D eigenvalue weighted by molar-refractivity contribution is 7.90. The third kappa shape index (κ3) is 64.9. The molecule has 0 saturated heterocycles. The predicted molar refractivity (Wildman–Crippen MR) is 145 cm³/mol. The minimum absolute atomic E-state index is 0. The summed E-state index contributed by atoms with van der Waals surface area (Å²) in [5.41, 5.74) is -5.76. The molecule has 0 aromatic carbocycles. The van der Waals surface area contributed by atoms with Gasteiger partial charge >= 0.3 is 49.3 Å². The van der Waals surface area contributed by atoms with E-state index in [-0.39, 0.29) is 7.43 Å². The monoisotopic (exact) mass is 819 g/mol. The maximum Gasteiger partial charge on any atom is 0.527 e. The molecule has 0 unspecified atom stereocenters. The van der Waals surface area contributed by atoms with E-state index in [1.54, 1.807) is 0 Å². The Morgan fingerprint density at radius 1 is 0.565 bits per heavy atom. The summed E-state index contributed by atoms with van der Waals surface area (Å²) in [7, 11) is -23.5. The van der Waals surface area contributed by atoms with E-state index in [0.717, 1.165) is 12.5 Å². The number of hydrogen-bond donors (Lipinski definition) is 3. The fourth-order valence-corrected chi connectivity index (χ4v) is 1.14. The Morgan fingerprint density at radius 3 is 0.783 bits per heavy atom. The van der Waals surface area contributed by atoms with Gasteiger partial charge in [0.05, 0.1) is 18.8 Å². The summed E-state index contributed by atoms with van der Waals surface area (Å²) < 4.78 is 216. The number of amides is 1. The topological polar surface area (TPSA) is 269 Å². The van der Waals surface area contributed by atoms with Gasteiger partial charge in [-0.15, -0.1) is 0 Å². The molecule has 31 heteroatoms. The first-order valence-corrected chi connectivity index (χ1v) is 18.7. The Kier molecular flexibility index (Phi) is 39.1. The zero-order valence-corrected chi connectivity index (χ0v) is 28.3. The number of carbonyl (C=O) groups is 2. The number of carbonyl (C=O) groups excluding carboxylic acids is 2. The molecular formula is C15H36F11N3O12S5. The van der Waals surface area contributed by atoms with Crippen molar-refractivity contribution in [2.45, 2.75) is 65.9 Å². The van der Waals surface area contributed by atoms with Gasteiger partial charge in [0, 0.05) is 0 Å². The molecule has 46 heavy (non-hydrogen) atoms. The van der Waals surface area contributed by atoms with E-state index in [2.05, 4.69) is 10.3 Å². The Labute approximate surface area is 260 Å². The second kappa shape index (κ2) is 27.0. The summed E-state index contributed by atoms with van der Waals surface area (Å²) in [5.74, 6) is -2.76. The van der Waals surface area contributed by atoms with Crippen LogP contribution in [-0.4, -0.2) is 89.7 Å². The first-order chi connectivity index (χ1) is 19.1. The van der Waals surface area contributed by atoms with E-state index in [0.29, 0.717) is 11.0 Å². The molecule has 0 rings (SSSR count). The lowest BCUT2D eigenvalue weighted by atomic mass is 10.7. The summed E-state index contributed by atoms with van der Waals surface area (Å²) in [5, 5.41) is 3.23. The first-order valence-electron chi connectivity index (χ1n) is 10.1. The van der Waals surface area contributed by atoms with Gasteiger partial charge in [0.25, 0.3) is 0 Å². The molecule has 0 saturated carbocycles. The quantitative estimate of drug-likeness (QED) is 0.274. The normalized spacial score (nSPS) is 11.3. The van der Waals surface area contributed by atoms with Crippen LogP contribution in [0.2, 0.25) is 0 Å². The van der Waals surface area contributed by atoms with Crippen LogP contribution in [0.3, 0.4) is 0 Å². The molecule has 290 valence electrons. The molecule has 0 aliphatic rings. The van der Waals surface area contributed by atoms with Crippen LogP contribution in [-0.2, 0) is 60.1 Å². The third-order valence-electron chi connectivity index (χ3n) is 1.35. The SMILES string of the molecule is C.CC.CC.CC.CS(=O)(=O)NC(=O)C(F)(F)S(=O)(=O)F.CS(N)(=O)=O.CS(N)(=O)=O.O=C(F)C(F)(F)F.O=S(=O)(F)C(F)(F)F. The number of hydrogen-bond acceptors (Lipinski definition) is 12. The number of nitrogens with two attached hydrogens (primary N) is 2. The molecule has 0 fully saturated rings. The van der Waals surface area contributed by atoms with Crippen molar-refractivity contribution in [3.05, 3.63) is 0 Å². The predicted octanol–water partition coefficient (Wildman–Crippen LogP) is 2.33. The van der Waals surface area contributed by atoms with Crippen molar-refractivity contribution < 1.29 is 99.0 Å². The van der Waals surface area contributed by atoms with Gasteiger partial charge in [-0.1, -0.05) is 56.7 Å². The lowest BCUT2D eigenvalue weighted by Crippen LogP contribution is -2.46. The van der Waals surface area contributed by atoms with Gasteiger partial charge in [0.15, 0.2) is 0 Å². The molecule has 0 aromatic rings. The Balaban J connectivity index is -0.0000000533. The number of halogens is 11. The van der Waals surface area contributed by atoms with Gasteiger partial charge in [-0.05, 0) is 0 Å². The average Bonchev–Trinajstić information content (AvgIpc) is 2.72. The van der Waals surface area contributed by atoms with E-state index >= 15 is 0 Å². The van der Waals surface area contributed by atoms with Crippen LogP contribution < -0.4 is 15.0 Å². The lowest BCUT2D eigenvalue weighted by molar-refractivity contribution is -0.183. The summed E-state index contributed by atoms with van der Waals surface area (Å²) >= 11 is 0. The highest BCUT2D eigenvalue weighted by atomic mass is 32.3. The van der Waals surface area contributed by atoms with Gasteiger partial charge in [-0.3, -0.25) is 9.59 Å². The number of sulfonamides is 3. The van der Waals surface area contributed by atoms with Crippen LogP contribution in [0, 0.1) is 0 Å². The Morgan fingerprint density at radius 2 is 0.717 bits per heavy atom. The lowest BCUT2D eigenvalue weighted by Gasteiger charge is -2.09. The maximum atomic E-state index is 12.2. The fourth-order valence-electron chi connectivity index (χ4n) is 0.339. The molecule has 0 atom stereocenters. The van der Waals surface area contributed by atoms with Crippen LogP contribution in [0.5, 0.6) is 0 Å². The smallest absolute Gasteiger partial charge is 0.266 e. The van der Waals surface area contributed by atoms with Crippen molar-refractivity contribution in [2.24, 2.45) is 10.3 Å². The average molecular weight is 820 g/mol. The van der Waals surface area contributed by atoms with Gasteiger partial charge in [-0.2, -0.15) is 56.3 Å². The number of nitrogens with one attached hydrogen (secondary N) is 1. The van der Waals surface area contributed by atoms with Gasteiger partial charge in [0.1, 0.15) is 0 Å². The molecule has 0 aromatic heterocycles. The molecule has 0 aliphatic carbocycles. The van der Waals surface area contributed by atoms with Gasteiger partial charge in [-0.25, -0.2) is 40.3 Å². The van der Waals surface area contributed by atoms with Crippen LogP contribution in [0.25, 0.3) is 0 Å². The fraction of sp³-hybridized carbons (Fsp3) is 0.867. The van der Waals surface area contributed by atoms with E-state index in [1.165, 1.54) is 0 Å². The summed E-state index contributed by atoms with van der Waals surface area (Å²) in [6.45, 7) is 12.0. The molecular weight excluding hydrogens is 783 g/mol. The molecule has 0 heterocycles. The molecule has 0 aliphatic heterocycles. The highest BCUT2D eigenvalue weighted by Gasteiger charge is 2.54. The largest absolute Gasteiger partial charge is 0.527 e.